The number of phenols is 1. The highest BCUT2D eigenvalue weighted by atomic mass is 32.2. The van der Waals surface area contributed by atoms with Gasteiger partial charge in [0.05, 0.1) is 12.1 Å². The molecule has 2 heterocycles. The van der Waals surface area contributed by atoms with Crippen molar-refractivity contribution in [3.8, 4) is 17.0 Å². The zero-order valence-corrected chi connectivity index (χ0v) is 20.6. The highest BCUT2D eigenvalue weighted by molar-refractivity contribution is 7.98. The van der Waals surface area contributed by atoms with E-state index in [1.165, 1.54) is 4.90 Å². The van der Waals surface area contributed by atoms with Gasteiger partial charge in [-0.3, -0.25) is 9.89 Å². The van der Waals surface area contributed by atoms with Crippen LogP contribution in [0.25, 0.3) is 11.3 Å². The topological polar surface area (TPSA) is 78.5 Å². The summed E-state index contributed by atoms with van der Waals surface area (Å²) < 4.78 is 5.71. The summed E-state index contributed by atoms with van der Waals surface area (Å²) >= 11 is 1.68. The number of aromatic nitrogens is 2. The first-order valence-corrected chi connectivity index (χ1v) is 12.5. The van der Waals surface area contributed by atoms with Crippen molar-refractivity contribution in [2.45, 2.75) is 51.2 Å². The van der Waals surface area contributed by atoms with Crippen molar-refractivity contribution in [3.05, 3.63) is 64.3 Å². The van der Waals surface area contributed by atoms with Crippen molar-refractivity contribution in [1.82, 2.24) is 15.1 Å². The summed E-state index contributed by atoms with van der Waals surface area (Å²) in [6, 6.07) is 11.9. The molecule has 33 heavy (non-hydrogen) atoms. The standard InChI is InChI=1S/C26H31N3O3S/c1-15(2)32-12-6-11-29-24(18-7-9-19(33-5)10-8-18)21-22(27-28-23(21)26(29)31)20-14-16(3)13-17(4)25(20)30/h7-10,13-15,24,30H,6,11-12H2,1-5H3,(H,27,28). The van der Waals surface area contributed by atoms with Gasteiger partial charge in [-0.1, -0.05) is 18.2 Å². The number of carbonyl (C=O) groups is 1. The molecule has 6 nitrogen and oxygen atoms in total. The van der Waals surface area contributed by atoms with Crippen LogP contribution in [0.4, 0.5) is 0 Å². The number of nitrogens with zero attached hydrogens (tertiary/aromatic N) is 2. The molecule has 0 spiro atoms. The third kappa shape index (κ3) is 4.52. The number of fused-ring (bicyclic) bond motifs is 1. The Balaban J connectivity index is 1.78. The maximum Gasteiger partial charge on any atom is 0.273 e. The minimum absolute atomic E-state index is 0.0731. The number of nitrogens with one attached hydrogen (secondary N) is 1. The molecule has 0 bridgehead atoms. The maximum atomic E-state index is 13.4. The Labute approximate surface area is 199 Å². The number of rotatable bonds is 8. The van der Waals surface area contributed by atoms with Gasteiger partial charge in [-0.2, -0.15) is 5.10 Å². The van der Waals surface area contributed by atoms with Gasteiger partial charge in [0.15, 0.2) is 0 Å². The number of thioether (sulfide) groups is 1. The smallest absolute Gasteiger partial charge is 0.273 e. The molecule has 2 N–H and O–H groups in total. The normalized spacial score (nSPS) is 15.5. The lowest BCUT2D eigenvalue weighted by molar-refractivity contribution is 0.0601. The number of hydrogen-bond acceptors (Lipinski definition) is 5. The lowest BCUT2D eigenvalue weighted by Crippen LogP contribution is -2.31. The highest BCUT2D eigenvalue weighted by Gasteiger charge is 2.42. The highest BCUT2D eigenvalue weighted by Crippen LogP contribution is 2.45. The molecule has 4 rings (SSSR count). The number of benzene rings is 2. The van der Waals surface area contributed by atoms with Gasteiger partial charge in [0.2, 0.25) is 0 Å². The molecule has 1 aromatic heterocycles. The third-order valence-electron chi connectivity index (χ3n) is 5.99. The van der Waals surface area contributed by atoms with E-state index < -0.39 is 0 Å². The number of amides is 1. The van der Waals surface area contributed by atoms with Crippen molar-refractivity contribution < 1.29 is 14.6 Å². The average Bonchev–Trinajstić information content (AvgIpc) is 3.33. The van der Waals surface area contributed by atoms with Crippen LogP contribution >= 0.6 is 11.8 Å². The quantitative estimate of drug-likeness (QED) is 0.340. The summed E-state index contributed by atoms with van der Waals surface area (Å²) in [7, 11) is 0. The Morgan fingerprint density at radius 2 is 1.94 bits per heavy atom. The van der Waals surface area contributed by atoms with Gasteiger partial charge in [0, 0.05) is 29.2 Å². The Kier molecular flexibility index (Phi) is 6.81. The summed E-state index contributed by atoms with van der Waals surface area (Å²) in [5.74, 6) is 0.124. The predicted octanol–water partition coefficient (Wildman–Crippen LogP) is 5.48. The number of phenolic OH excluding ortho intramolecular Hbond substituents is 1. The Morgan fingerprint density at radius 3 is 2.61 bits per heavy atom. The Hall–Kier alpha value is -2.77. The maximum absolute atomic E-state index is 13.4. The summed E-state index contributed by atoms with van der Waals surface area (Å²) in [4.78, 5) is 16.5. The summed E-state index contributed by atoms with van der Waals surface area (Å²) in [6.45, 7) is 9.06. The molecule has 0 aliphatic carbocycles. The van der Waals surface area contributed by atoms with E-state index in [9.17, 15) is 9.90 Å². The van der Waals surface area contributed by atoms with Crippen LogP contribution in [0.3, 0.4) is 0 Å². The molecule has 2 aromatic carbocycles. The molecule has 1 aliphatic rings. The van der Waals surface area contributed by atoms with E-state index >= 15 is 0 Å². The molecule has 7 heteroatoms. The SMILES string of the molecule is CSc1ccc(C2c3c(-c4cc(C)cc(C)c4O)n[nH]c3C(=O)N2CCCOC(C)C)cc1. The first-order valence-electron chi connectivity index (χ1n) is 11.3. The van der Waals surface area contributed by atoms with E-state index in [-0.39, 0.29) is 23.8 Å². The monoisotopic (exact) mass is 465 g/mol. The van der Waals surface area contributed by atoms with Gasteiger partial charge < -0.3 is 14.7 Å². The van der Waals surface area contributed by atoms with Gasteiger partial charge in [0.25, 0.3) is 5.91 Å². The van der Waals surface area contributed by atoms with E-state index in [1.807, 2.05) is 51.0 Å². The molecule has 3 aromatic rings. The number of ether oxygens (including phenoxy) is 1. The van der Waals surface area contributed by atoms with Crippen molar-refractivity contribution in [2.75, 3.05) is 19.4 Å². The van der Waals surface area contributed by atoms with E-state index in [0.717, 1.165) is 28.7 Å². The van der Waals surface area contributed by atoms with Gasteiger partial charge >= 0.3 is 0 Å². The fraction of sp³-hybridized carbons (Fsp3) is 0.385. The molecule has 1 amide bonds. The first-order chi connectivity index (χ1) is 15.8. The number of aromatic hydroxyl groups is 1. The second-order valence-electron chi connectivity index (χ2n) is 8.79. The summed E-state index contributed by atoms with van der Waals surface area (Å²) in [5, 5.41) is 18.3. The minimum Gasteiger partial charge on any atom is -0.507 e. The van der Waals surface area contributed by atoms with Crippen LogP contribution in [0.2, 0.25) is 0 Å². The van der Waals surface area contributed by atoms with E-state index in [0.29, 0.717) is 30.1 Å². The van der Waals surface area contributed by atoms with E-state index in [2.05, 4.69) is 34.5 Å². The molecule has 0 saturated carbocycles. The molecule has 1 atom stereocenters. The van der Waals surface area contributed by atoms with Gasteiger partial charge in [-0.25, -0.2) is 0 Å². The van der Waals surface area contributed by atoms with Gasteiger partial charge in [0.1, 0.15) is 17.1 Å². The fourth-order valence-electron chi connectivity index (χ4n) is 4.46. The van der Waals surface area contributed by atoms with Gasteiger partial charge in [-0.05, 0) is 75.3 Å². The lowest BCUT2D eigenvalue weighted by Gasteiger charge is -2.27. The van der Waals surface area contributed by atoms with E-state index in [1.54, 1.807) is 11.8 Å². The van der Waals surface area contributed by atoms with Crippen molar-refractivity contribution in [1.29, 1.82) is 0 Å². The summed E-state index contributed by atoms with van der Waals surface area (Å²) in [5.41, 5.74) is 5.43. The van der Waals surface area contributed by atoms with Crippen LogP contribution in [-0.2, 0) is 4.74 Å². The fourth-order valence-corrected chi connectivity index (χ4v) is 4.87. The molecule has 0 radical (unpaired) electrons. The van der Waals surface area contributed by atoms with Crippen LogP contribution in [0.5, 0.6) is 5.75 Å². The number of aromatic amines is 1. The average molecular weight is 466 g/mol. The zero-order valence-electron chi connectivity index (χ0n) is 19.8. The van der Waals surface area contributed by atoms with Crippen molar-refractivity contribution in [3.63, 3.8) is 0 Å². The minimum atomic E-state index is -0.281. The van der Waals surface area contributed by atoms with Crippen molar-refractivity contribution in [2.24, 2.45) is 0 Å². The second-order valence-corrected chi connectivity index (χ2v) is 9.67. The number of aryl methyl sites for hydroxylation is 2. The molecular formula is C26H31N3O3S. The second kappa shape index (κ2) is 9.61. The van der Waals surface area contributed by atoms with Crippen LogP contribution in [0.1, 0.15) is 59.1 Å². The zero-order chi connectivity index (χ0) is 23.7. The van der Waals surface area contributed by atoms with Crippen LogP contribution < -0.4 is 0 Å². The Morgan fingerprint density at radius 1 is 1.21 bits per heavy atom. The largest absolute Gasteiger partial charge is 0.507 e. The molecule has 174 valence electrons. The third-order valence-corrected chi connectivity index (χ3v) is 6.73. The molecule has 0 saturated heterocycles. The molecule has 1 unspecified atom stereocenters. The molecular weight excluding hydrogens is 434 g/mol. The molecule has 1 aliphatic heterocycles. The van der Waals surface area contributed by atoms with E-state index in [4.69, 9.17) is 4.74 Å². The van der Waals surface area contributed by atoms with Crippen LogP contribution in [0.15, 0.2) is 41.3 Å². The van der Waals surface area contributed by atoms with Gasteiger partial charge in [-0.15, -0.1) is 11.8 Å². The van der Waals surface area contributed by atoms with Crippen molar-refractivity contribution >= 4 is 17.7 Å². The first kappa shape index (κ1) is 23.4. The summed E-state index contributed by atoms with van der Waals surface area (Å²) in [6.07, 6.45) is 2.94. The van der Waals surface area contributed by atoms with Crippen LogP contribution in [0, 0.1) is 13.8 Å². The molecule has 0 fully saturated rings. The van der Waals surface area contributed by atoms with Crippen LogP contribution in [-0.4, -0.2) is 51.6 Å². The number of carbonyl (C=O) groups excluding carboxylic acids is 1. The number of H-pyrrole nitrogens is 1. The number of hydrogen-bond donors (Lipinski definition) is 2. The Bertz CT molecular complexity index is 1150. The predicted molar refractivity (Wildman–Crippen MR) is 132 cm³/mol. The lowest BCUT2D eigenvalue weighted by atomic mass is 9.94.